The van der Waals surface area contributed by atoms with Gasteiger partial charge in [-0.3, -0.25) is 0 Å². The van der Waals surface area contributed by atoms with Crippen LogP contribution in [0.25, 0.3) is 11.1 Å². The Labute approximate surface area is 107 Å². The molecule has 1 aromatic carbocycles. The first-order chi connectivity index (χ1) is 7.58. The van der Waals surface area contributed by atoms with Gasteiger partial charge >= 0.3 is 0 Å². The highest BCUT2D eigenvalue weighted by atomic mass is 35.5. The fraction of sp³-hybridized carbons (Fsp3) is 0. The number of nitrogens with zero attached hydrogens (tertiary/aromatic N) is 1. The first-order valence-corrected chi connectivity index (χ1v) is 5.48. The van der Waals surface area contributed by atoms with Gasteiger partial charge in [0.1, 0.15) is 0 Å². The van der Waals surface area contributed by atoms with Crippen LogP contribution < -0.4 is 0 Å². The molecule has 0 spiro atoms. The van der Waals surface area contributed by atoms with Crippen molar-refractivity contribution in [2.45, 2.75) is 0 Å². The summed E-state index contributed by atoms with van der Waals surface area (Å²) >= 11 is 17.7. The largest absolute Gasteiger partial charge is 0.227 e. The Morgan fingerprint density at radius 3 is 2.38 bits per heavy atom. The van der Waals surface area contributed by atoms with Crippen molar-refractivity contribution in [1.29, 1.82) is 0 Å². The van der Waals surface area contributed by atoms with Crippen LogP contribution in [0.1, 0.15) is 0 Å². The van der Waals surface area contributed by atoms with E-state index in [1.54, 1.807) is 18.2 Å². The van der Waals surface area contributed by atoms with Crippen LogP contribution in [-0.4, -0.2) is 4.98 Å². The maximum atomic E-state index is 13.0. The molecular weight excluding hydrogens is 271 g/mol. The van der Waals surface area contributed by atoms with Gasteiger partial charge < -0.3 is 0 Å². The monoisotopic (exact) mass is 275 g/mol. The van der Waals surface area contributed by atoms with E-state index in [4.69, 9.17) is 34.8 Å². The van der Waals surface area contributed by atoms with Crippen LogP contribution in [-0.2, 0) is 0 Å². The second-order valence-corrected chi connectivity index (χ2v) is 4.36. The summed E-state index contributed by atoms with van der Waals surface area (Å²) in [6.07, 6.45) is 1.25. The summed E-state index contributed by atoms with van der Waals surface area (Å²) < 4.78 is 13.0. The minimum absolute atomic E-state index is 0.339. The molecule has 0 aliphatic heterocycles. The molecule has 82 valence electrons. The van der Waals surface area contributed by atoms with Crippen molar-refractivity contribution >= 4 is 34.8 Å². The van der Waals surface area contributed by atoms with E-state index in [-0.39, 0.29) is 0 Å². The van der Waals surface area contributed by atoms with E-state index in [2.05, 4.69) is 4.98 Å². The predicted molar refractivity (Wildman–Crippen MR) is 64.7 cm³/mol. The van der Waals surface area contributed by atoms with Gasteiger partial charge in [0.05, 0.1) is 5.02 Å². The van der Waals surface area contributed by atoms with Gasteiger partial charge in [-0.05, 0) is 12.1 Å². The van der Waals surface area contributed by atoms with E-state index in [1.807, 2.05) is 0 Å². The van der Waals surface area contributed by atoms with E-state index >= 15 is 0 Å². The normalized spacial score (nSPS) is 10.5. The Morgan fingerprint density at radius 1 is 0.938 bits per heavy atom. The molecule has 2 aromatic rings. The quantitative estimate of drug-likeness (QED) is 0.679. The highest BCUT2D eigenvalue weighted by molar-refractivity contribution is 6.38. The molecule has 0 aliphatic rings. The highest BCUT2D eigenvalue weighted by Crippen LogP contribution is 2.34. The fourth-order valence-electron chi connectivity index (χ4n) is 1.33. The number of aromatic nitrogens is 1. The highest BCUT2D eigenvalue weighted by Gasteiger charge is 2.09. The van der Waals surface area contributed by atoms with Crippen molar-refractivity contribution in [2.24, 2.45) is 0 Å². The standard InChI is InChI=1S/C11H5Cl3FN/c12-6-1-2-7(9(13)3-6)8-4-11(15)16-5-10(8)14/h1-5H. The number of halogens is 4. The summed E-state index contributed by atoms with van der Waals surface area (Å²) in [5, 5.41) is 1.27. The molecule has 0 amide bonds. The number of pyridine rings is 1. The van der Waals surface area contributed by atoms with E-state index in [0.717, 1.165) is 0 Å². The molecule has 0 radical (unpaired) electrons. The predicted octanol–water partition coefficient (Wildman–Crippen LogP) is 4.85. The summed E-state index contributed by atoms with van der Waals surface area (Å²) in [6.45, 7) is 0. The average molecular weight is 277 g/mol. The molecule has 1 aromatic heterocycles. The second-order valence-electron chi connectivity index (χ2n) is 3.11. The molecule has 0 N–H and O–H groups in total. The summed E-state index contributed by atoms with van der Waals surface area (Å²) in [7, 11) is 0. The maximum Gasteiger partial charge on any atom is 0.213 e. The smallest absolute Gasteiger partial charge is 0.213 e. The Morgan fingerprint density at radius 2 is 1.69 bits per heavy atom. The lowest BCUT2D eigenvalue weighted by atomic mass is 10.1. The van der Waals surface area contributed by atoms with Crippen LogP contribution in [0, 0.1) is 5.95 Å². The van der Waals surface area contributed by atoms with Gasteiger partial charge in [-0.25, -0.2) is 4.98 Å². The van der Waals surface area contributed by atoms with Gasteiger partial charge in [0.2, 0.25) is 5.95 Å². The van der Waals surface area contributed by atoms with Crippen molar-refractivity contribution < 1.29 is 4.39 Å². The zero-order valence-electron chi connectivity index (χ0n) is 7.85. The van der Waals surface area contributed by atoms with Gasteiger partial charge in [0.25, 0.3) is 0 Å². The van der Waals surface area contributed by atoms with Crippen molar-refractivity contribution in [1.82, 2.24) is 4.98 Å². The molecule has 1 heterocycles. The van der Waals surface area contributed by atoms with Crippen LogP contribution in [0.3, 0.4) is 0 Å². The Hall–Kier alpha value is -0.830. The van der Waals surface area contributed by atoms with Crippen LogP contribution in [0.15, 0.2) is 30.5 Å². The number of rotatable bonds is 1. The third-order valence-electron chi connectivity index (χ3n) is 2.04. The molecule has 0 atom stereocenters. The zero-order chi connectivity index (χ0) is 11.7. The van der Waals surface area contributed by atoms with E-state index in [1.165, 1.54) is 12.3 Å². The molecule has 2 rings (SSSR count). The Kier molecular flexibility index (Phi) is 3.33. The summed E-state index contributed by atoms with van der Waals surface area (Å²) in [5.41, 5.74) is 1.12. The van der Waals surface area contributed by atoms with E-state index in [9.17, 15) is 4.39 Å². The summed E-state index contributed by atoms with van der Waals surface area (Å²) in [4.78, 5) is 3.44. The zero-order valence-corrected chi connectivity index (χ0v) is 10.1. The van der Waals surface area contributed by atoms with Gasteiger partial charge in [-0.2, -0.15) is 4.39 Å². The average Bonchev–Trinajstić information content (AvgIpc) is 2.22. The van der Waals surface area contributed by atoms with Gasteiger partial charge in [0, 0.05) is 33.4 Å². The molecule has 1 nitrogen and oxygen atoms in total. The van der Waals surface area contributed by atoms with Crippen LogP contribution >= 0.6 is 34.8 Å². The topological polar surface area (TPSA) is 12.9 Å². The molecule has 16 heavy (non-hydrogen) atoms. The molecule has 0 saturated carbocycles. The molecule has 0 fully saturated rings. The number of hydrogen-bond donors (Lipinski definition) is 0. The maximum absolute atomic E-state index is 13.0. The lowest BCUT2D eigenvalue weighted by Gasteiger charge is -2.06. The minimum Gasteiger partial charge on any atom is -0.227 e. The van der Waals surface area contributed by atoms with Gasteiger partial charge in [0.15, 0.2) is 0 Å². The first kappa shape index (κ1) is 11.6. The fourth-order valence-corrected chi connectivity index (χ4v) is 2.04. The van der Waals surface area contributed by atoms with E-state index < -0.39 is 5.95 Å². The minimum atomic E-state index is -0.606. The lowest BCUT2D eigenvalue weighted by Crippen LogP contribution is -1.87. The molecule has 0 unspecified atom stereocenters. The number of hydrogen-bond acceptors (Lipinski definition) is 1. The third kappa shape index (κ3) is 2.29. The second kappa shape index (κ2) is 4.58. The first-order valence-electron chi connectivity index (χ1n) is 4.34. The van der Waals surface area contributed by atoms with Crippen LogP contribution in [0.2, 0.25) is 15.1 Å². The molecular formula is C11H5Cl3FN. The van der Waals surface area contributed by atoms with Crippen molar-refractivity contribution in [3.05, 3.63) is 51.5 Å². The molecule has 0 bridgehead atoms. The van der Waals surface area contributed by atoms with Crippen LogP contribution in [0.5, 0.6) is 0 Å². The Bertz CT molecular complexity index is 543. The van der Waals surface area contributed by atoms with Crippen molar-refractivity contribution in [3.63, 3.8) is 0 Å². The van der Waals surface area contributed by atoms with Crippen molar-refractivity contribution in [3.8, 4) is 11.1 Å². The van der Waals surface area contributed by atoms with Gasteiger partial charge in [-0.1, -0.05) is 40.9 Å². The molecule has 0 saturated heterocycles. The van der Waals surface area contributed by atoms with Gasteiger partial charge in [-0.15, -0.1) is 0 Å². The summed E-state index contributed by atoms with van der Waals surface area (Å²) in [6, 6.07) is 6.16. The third-order valence-corrected chi connectivity index (χ3v) is 2.89. The van der Waals surface area contributed by atoms with E-state index in [0.29, 0.717) is 26.2 Å². The lowest BCUT2D eigenvalue weighted by molar-refractivity contribution is 0.584. The molecule has 0 aliphatic carbocycles. The number of benzene rings is 1. The summed E-state index contributed by atoms with van der Waals surface area (Å²) in [5.74, 6) is -0.606. The Balaban J connectivity index is 2.62. The van der Waals surface area contributed by atoms with Crippen LogP contribution in [0.4, 0.5) is 4.39 Å². The van der Waals surface area contributed by atoms with Crippen molar-refractivity contribution in [2.75, 3.05) is 0 Å². The molecule has 5 heteroatoms. The SMILES string of the molecule is Fc1cc(-c2ccc(Cl)cc2Cl)c(Cl)cn1.